The normalized spacial score (nSPS) is 19.8. The van der Waals surface area contributed by atoms with Gasteiger partial charge in [0.1, 0.15) is 0 Å². The quantitative estimate of drug-likeness (QED) is 0.617. The van der Waals surface area contributed by atoms with Crippen LogP contribution in [-0.4, -0.2) is 35.7 Å². The number of nitrogens with zero attached hydrogens (tertiary/aromatic N) is 3. The average Bonchev–Trinajstić information content (AvgIpc) is 3.30. The van der Waals surface area contributed by atoms with Crippen LogP contribution in [0.15, 0.2) is 12.3 Å². The van der Waals surface area contributed by atoms with Crippen LogP contribution >= 0.6 is 11.6 Å². The lowest BCUT2D eigenvalue weighted by Crippen LogP contribution is -2.38. The lowest BCUT2D eigenvalue weighted by molar-refractivity contribution is -0.384. The molecule has 1 aliphatic heterocycles. The van der Waals surface area contributed by atoms with Crippen LogP contribution in [0.3, 0.4) is 0 Å². The van der Waals surface area contributed by atoms with Gasteiger partial charge in [-0.1, -0.05) is 11.6 Å². The summed E-state index contributed by atoms with van der Waals surface area (Å²) in [5.41, 5.74) is -0.0279. The number of hydrogen-bond donors (Lipinski definition) is 0. The Hall–Kier alpha value is -1.40. The van der Waals surface area contributed by atoms with Crippen LogP contribution < -0.4 is 4.90 Å². The largest absolute Gasteiger partial charge is 0.378 e. The van der Waals surface area contributed by atoms with Crippen molar-refractivity contribution in [2.75, 3.05) is 24.6 Å². The van der Waals surface area contributed by atoms with Crippen LogP contribution in [0, 0.1) is 16.0 Å². The Kier molecular flexibility index (Phi) is 4.26. The molecule has 1 aromatic rings. The third-order valence-electron chi connectivity index (χ3n) is 4.02. The van der Waals surface area contributed by atoms with Crippen molar-refractivity contribution in [3.63, 3.8) is 0 Å². The molecule has 3 rings (SSSR count). The molecule has 2 aliphatic rings. The molecule has 0 unspecified atom stereocenters. The van der Waals surface area contributed by atoms with Crippen LogP contribution in [0.1, 0.15) is 25.7 Å². The zero-order chi connectivity index (χ0) is 14.8. The van der Waals surface area contributed by atoms with Gasteiger partial charge in [0.05, 0.1) is 16.0 Å². The Balaban J connectivity index is 1.62. The van der Waals surface area contributed by atoms with E-state index in [-0.39, 0.29) is 16.8 Å². The molecule has 7 heteroatoms. The molecule has 0 amide bonds. The average molecular weight is 312 g/mol. The second-order valence-electron chi connectivity index (χ2n) is 5.72. The smallest absolute Gasteiger partial charge is 0.313 e. The van der Waals surface area contributed by atoms with E-state index in [1.54, 1.807) is 0 Å². The van der Waals surface area contributed by atoms with Gasteiger partial charge in [-0.05, 0) is 31.6 Å². The van der Waals surface area contributed by atoms with Crippen LogP contribution in [0.2, 0.25) is 5.02 Å². The maximum absolute atomic E-state index is 11.1. The molecule has 1 saturated heterocycles. The fraction of sp³-hybridized carbons (Fsp3) is 0.643. The Morgan fingerprint density at radius 3 is 2.71 bits per heavy atom. The molecule has 2 fully saturated rings. The number of nitro groups is 1. The van der Waals surface area contributed by atoms with Crippen LogP contribution in [0.4, 0.5) is 11.5 Å². The van der Waals surface area contributed by atoms with E-state index in [1.165, 1.54) is 25.1 Å². The zero-order valence-electron chi connectivity index (χ0n) is 11.7. The summed E-state index contributed by atoms with van der Waals surface area (Å²) < 4.78 is 5.89. The first-order valence-corrected chi connectivity index (χ1v) is 7.68. The first kappa shape index (κ1) is 14.5. The molecular formula is C14H18ClN3O3. The van der Waals surface area contributed by atoms with Crippen molar-refractivity contribution in [1.29, 1.82) is 0 Å². The van der Waals surface area contributed by atoms with Crippen molar-refractivity contribution >= 4 is 23.1 Å². The number of piperidine rings is 1. The molecule has 0 bridgehead atoms. The summed E-state index contributed by atoms with van der Waals surface area (Å²) >= 11 is 5.79. The van der Waals surface area contributed by atoms with Gasteiger partial charge in [-0.3, -0.25) is 10.1 Å². The van der Waals surface area contributed by atoms with Gasteiger partial charge >= 0.3 is 5.69 Å². The fourth-order valence-corrected chi connectivity index (χ4v) is 2.74. The molecule has 0 N–H and O–H groups in total. The number of halogens is 1. The van der Waals surface area contributed by atoms with Gasteiger partial charge in [0.2, 0.25) is 5.82 Å². The molecule has 0 radical (unpaired) electrons. The fourth-order valence-electron chi connectivity index (χ4n) is 2.59. The molecule has 1 saturated carbocycles. The Labute approximate surface area is 128 Å². The standard InChI is InChI=1S/C14H18ClN3O3/c15-11-7-13(18(19)20)14(16-8-11)17-5-3-12(4-6-17)21-9-10-1-2-10/h7-8,10,12H,1-6,9H2. The minimum Gasteiger partial charge on any atom is -0.378 e. The van der Waals surface area contributed by atoms with E-state index >= 15 is 0 Å². The van der Waals surface area contributed by atoms with Gasteiger partial charge in [0, 0.05) is 32.0 Å². The molecule has 0 spiro atoms. The number of ether oxygens (including phenoxy) is 1. The topological polar surface area (TPSA) is 68.5 Å². The van der Waals surface area contributed by atoms with Crippen molar-refractivity contribution in [2.24, 2.45) is 5.92 Å². The van der Waals surface area contributed by atoms with Gasteiger partial charge in [0.15, 0.2) is 0 Å². The lowest BCUT2D eigenvalue weighted by atomic mass is 10.1. The Morgan fingerprint density at radius 1 is 1.38 bits per heavy atom. The predicted molar refractivity (Wildman–Crippen MR) is 79.8 cm³/mol. The van der Waals surface area contributed by atoms with Crippen LogP contribution in [0.5, 0.6) is 0 Å². The van der Waals surface area contributed by atoms with Gasteiger partial charge in [-0.25, -0.2) is 4.98 Å². The van der Waals surface area contributed by atoms with Gasteiger partial charge in [-0.2, -0.15) is 0 Å². The first-order chi connectivity index (χ1) is 10.1. The maximum Gasteiger partial charge on any atom is 0.313 e. The Morgan fingerprint density at radius 2 is 2.10 bits per heavy atom. The molecule has 1 aliphatic carbocycles. The predicted octanol–water partition coefficient (Wildman–Crippen LogP) is 3.04. The highest BCUT2D eigenvalue weighted by Crippen LogP contribution is 2.32. The number of hydrogen-bond acceptors (Lipinski definition) is 5. The zero-order valence-corrected chi connectivity index (χ0v) is 12.5. The van der Waals surface area contributed by atoms with E-state index in [1.807, 2.05) is 4.90 Å². The number of aromatic nitrogens is 1. The van der Waals surface area contributed by atoms with Gasteiger partial charge in [0.25, 0.3) is 0 Å². The van der Waals surface area contributed by atoms with Crippen molar-refractivity contribution < 1.29 is 9.66 Å². The van der Waals surface area contributed by atoms with Gasteiger partial charge < -0.3 is 9.64 Å². The van der Waals surface area contributed by atoms with E-state index in [9.17, 15) is 10.1 Å². The van der Waals surface area contributed by atoms with E-state index in [0.717, 1.165) is 38.5 Å². The highest BCUT2D eigenvalue weighted by Gasteiger charge is 2.28. The summed E-state index contributed by atoms with van der Waals surface area (Å²) in [4.78, 5) is 16.8. The molecule has 0 atom stereocenters. The van der Waals surface area contributed by atoms with Crippen molar-refractivity contribution in [2.45, 2.75) is 31.8 Å². The third-order valence-corrected chi connectivity index (χ3v) is 4.22. The maximum atomic E-state index is 11.1. The second-order valence-corrected chi connectivity index (χ2v) is 6.15. The lowest BCUT2D eigenvalue weighted by Gasteiger charge is -2.32. The van der Waals surface area contributed by atoms with E-state index in [2.05, 4.69) is 4.98 Å². The minimum atomic E-state index is -0.427. The summed E-state index contributed by atoms with van der Waals surface area (Å²) in [6, 6.07) is 1.36. The van der Waals surface area contributed by atoms with E-state index < -0.39 is 4.92 Å². The first-order valence-electron chi connectivity index (χ1n) is 7.30. The Bertz CT molecular complexity index is 528. The summed E-state index contributed by atoms with van der Waals surface area (Å²) in [6.45, 7) is 2.32. The van der Waals surface area contributed by atoms with Crippen molar-refractivity contribution in [1.82, 2.24) is 4.98 Å². The minimum absolute atomic E-state index is 0.0279. The second kappa shape index (κ2) is 6.15. The monoisotopic (exact) mass is 311 g/mol. The summed E-state index contributed by atoms with van der Waals surface area (Å²) in [7, 11) is 0. The van der Waals surface area contributed by atoms with Gasteiger partial charge in [-0.15, -0.1) is 0 Å². The number of rotatable bonds is 5. The SMILES string of the molecule is O=[N+]([O-])c1cc(Cl)cnc1N1CCC(OCC2CC2)CC1. The molecular weight excluding hydrogens is 294 g/mol. The summed E-state index contributed by atoms with van der Waals surface area (Å²) in [5.74, 6) is 1.17. The summed E-state index contributed by atoms with van der Waals surface area (Å²) in [5, 5.41) is 11.4. The number of anilines is 1. The third kappa shape index (κ3) is 3.63. The molecule has 1 aromatic heterocycles. The molecule has 6 nitrogen and oxygen atoms in total. The van der Waals surface area contributed by atoms with Crippen LogP contribution in [-0.2, 0) is 4.74 Å². The van der Waals surface area contributed by atoms with Crippen molar-refractivity contribution in [3.8, 4) is 0 Å². The summed E-state index contributed by atoms with van der Waals surface area (Å²) in [6.07, 6.45) is 6.08. The molecule has 21 heavy (non-hydrogen) atoms. The number of pyridine rings is 1. The molecule has 114 valence electrons. The highest BCUT2D eigenvalue weighted by atomic mass is 35.5. The van der Waals surface area contributed by atoms with Crippen molar-refractivity contribution in [3.05, 3.63) is 27.4 Å². The van der Waals surface area contributed by atoms with E-state index in [0.29, 0.717) is 5.82 Å². The van der Waals surface area contributed by atoms with Crippen LogP contribution in [0.25, 0.3) is 0 Å². The molecule has 0 aromatic carbocycles. The van der Waals surface area contributed by atoms with E-state index in [4.69, 9.17) is 16.3 Å². The molecule has 2 heterocycles. The highest BCUT2D eigenvalue weighted by molar-refractivity contribution is 6.30.